The molecule has 4 heteroatoms. The largest absolute Gasteiger partial charge is 0.481 e. The highest BCUT2D eigenvalue weighted by molar-refractivity contribution is 9.10. The third-order valence-corrected chi connectivity index (χ3v) is 5.53. The number of Topliss-reactive ketones (excluding diaryl/α,β-unsaturated/α-hetero) is 1. The Kier molecular flexibility index (Phi) is 3.87. The van der Waals surface area contributed by atoms with Gasteiger partial charge in [0.15, 0.2) is 11.9 Å². The van der Waals surface area contributed by atoms with Crippen molar-refractivity contribution in [1.82, 2.24) is 0 Å². The summed E-state index contributed by atoms with van der Waals surface area (Å²) in [5, 5.41) is 2.21. The van der Waals surface area contributed by atoms with Gasteiger partial charge in [0, 0.05) is 10.0 Å². The van der Waals surface area contributed by atoms with Crippen LogP contribution in [0.1, 0.15) is 27.6 Å². The van der Waals surface area contributed by atoms with Crippen molar-refractivity contribution in [3.05, 3.63) is 100 Å². The van der Waals surface area contributed by atoms with E-state index in [1.807, 2.05) is 48.5 Å². The Labute approximate surface area is 164 Å². The first kappa shape index (κ1) is 16.3. The molecule has 3 aromatic carbocycles. The van der Waals surface area contributed by atoms with Crippen molar-refractivity contribution in [2.45, 2.75) is 12.0 Å². The minimum atomic E-state index is -0.650. The normalized spacial score (nSPS) is 18.3. The molecule has 0 unspecified atom stereocenters. The van der Waals surface area contributed by atoms with Crippen molar-refractivity contribution >= 4 is 32.5 Å². The van der Waals surface area contributed by atoms with E-state index in [0.717, 1.165) is 32.1 Å². The molecule has 1 aromatic heterocycles. The fourth-order valence-corrected chi connectivity index (χ4v) is 4.23. The molecule has 27 heavy (non-hydrogen) atoms. The van der Waals surface area contributed by atoms with E-state index in [1.54, 1.807) is 12.1 Å². The summed E-state index contributed by atoms with van der Waals surface area (Å²) in [6, 6.07) is 23.6. The van der Waals surface area contributed by atoms with Crippen molar-refractivity contribution in [3.8, 4) is 5.75 Å². The zero-order chi connectivity index (χ0) is 18.4. The van der Waals surface area contributed by atoms with Gasteiger partial charge in [0.1, 0.15) is 5.75 Å². The van der Waals surface area contributed by atoms with Crippen LogP contribution in [-0.2, 0) is 0 Å². The second-order valence-electron chi connectivity index (χ2n) is 6.61. The Morgan fingerprint density at radius 3 is 2.56 bits per heavy atom. The summed E-state index contributed by atoms with van der Waals surface area (Å²) in [4.78, 5) is 13.1. The summed E-state index contributed by atoms with van der Waals surface area (Å²) in [6.07, 6.45) is 0.863. The van der Waals surface area contributed by atoms with E-state index in [2.05, 4.69) is 28.1 Å². The third-order valence-electron chi connectivity index (χ3n) is 5.03. The maximum Gasteiger partial charge on any atom is 0.239 e. The van der Waals surface area contributed by atoms with Crippen molar-refractivity contribution in [2.75, 3.05) is 0 Å². The van der Waals surface area contributed by atoms with Crippen LogP contribution in [0.15, 0.2) is 87.9 Å². The van der Waals surface area contributed by atoms with Gasteiger partial charge in [-0.1, -0.05) is 58.4 Å². The quantitative estimate of drug-likeness (QED) is 0.384. The Hall–Kier alpha value is -2.85. The molecule has 2 heterocycles. The minimum Gasteiger partial charge on any atom is -0.481 e. The van der Waals surface area contributed by atoms with Crippen molar-refractivity contribution in [2.24, 2.45) is 0 Å². The first-order chi connectivity index (χ1) is 13.2. The lowest BCUT2D eigenvalue weighted by Gasteiger charge is -2.18. The average Bonchev–Trinajstić information content (AvgIpc) is 3.36. The predicted molar refractivity (Wildman–Crippen MR) is 107 cm³/mol. The SMILES string of the molecule is O=C(c1ccco1)[C@H]1Oc2ccc3cc(Br)ccc3c2[C@@H]1c1ccccc1. The molecule has 0 bridgehead atoms. The number of benzene rings is 3. The Balaban J connectivity index is 1.72. The molecule has 0 aliphatic carbocycles. The molecule has 1 aliphatic rings. The number of rotatable bonds is 3. The third kappa shape index (κ3) is 2.68. The molecule has 0 saturated carbocycles. The molecule has 0 N–H and O–H groups in total. The lowest BCUT2D eigenvalue weighted by Crippen LogP contribution is -2.29. The van der Waals surface area contributed by atoms with Gasteiger partial charge in [-0.05, 0) is 46.7 Å². The zero-order valence-electron chi connectivity index (χ0n) is 14.3. The molecule has 2 atom stereocenters. The summed E-state index contributed by atoms with van der Waals surface area (Å²) in [6.45, 7) is 0. The second kappa shape index (κ2) is 6.39. The molecule has 1 aliphatic heterocycles. The summed E-state index contributed by atoms with van der Waals surface area (Å²) in [7, 11) is 0. The Morgan fingerprint density at radius 2 is 1.78 bits per heavy atom. The van der Waals surface area contributed by atoms with E-state index in [9.17, 15) is 4.79 Å². The molecule has 5 rings (SSSR count). The molecular formula is C23H15BrO3. The number of ketones is 1. The van der Waals surface area contributed by atoms with Gasteiger partial charge in [0.05, 0.1) is 12.2 Å². The molecule has 0 fully saturated rings. The first-order valence-corrected chi connectivity index (χ1v) is 9.53. The molecule has 4 aromatic rings. The van der Waals surface area contributed by atoms with Gasteiger partial charge >= 0.3 is 0 Å². The van der Waals surface area contributed by atoms with Crippen LogP contribution in [0.2, 0.25) is 0 Å². The van der Waals surface area contributed by atoms with E-state index < -0.39 is 6.10 Å². The van der Waals surface area contributed by atoms with E-state index in [1.165, 1.54) is 6.26 Å². The molecule has 3 nitrogen and oxygen atoms in total. The highest BCUT2D eigenvalue weighted by Gasteiger charge is 2.42. The van der Waals surface area contributed by atoms with Gasteiger partial charge in [-0.2, -0.15) is 0 Å². The summed E-state index contributed by atoms with van der Waals surface area (Å²) in [5.41, 5.74) is 2.10. The van der Waals surface area contributed by atoms with Gasteiger partial charge in [-0.3, -0.25) is 4.79 Å². The highest BCUT2D eigenvalue weighted by atomic mass is 79.9. The number of furan rings is 1. The number of halogens is 1. The predicted octanol–water partition coefficient (Wildman–Crippen LogP) is 5.97. The lowest BCUT2D eigenvalue weighted by molar-refractivity contribution is 0.0777. The van der Waals surface area contributed by atoms with Crippen LogP contribution < -0.4 is 4.74 Å². The highest BCUT2D eigenvalue weighted by Crippen LogP contribution is 2.47. The van der Waals surface area contributed by atoms with Crippen LogP contribution in [0, 0.1) is 0 Å². The summed E-state index contributed by atoms with van der Waals surface area (Å²) in [5.74, 6) is 0.739. The van der Waals surface area contributed by atoms with E-state index in [-0.39, 0.29) is 11.7 Å². The number of hydrogen-bond donors (Lipinski definition) is 0. The van der Waals surface area contributed by atoms with Crippen molar-refractivity contribution in [1.29, 1.82) is 0 Å². The number of fused-ring (bicyclic) bond motifs is 3. The Bertz CT molecular complexity index is 1130. The van der Waals surface area contributed by atoms with Crippen molar-refractivity contribution < 1.29 is 13.9 Å². The van der Waals surface area contributed by atoms with E-state index in [4.69, 9.17) is 9.15 Å². The maximum absolute atomic E-state index is 13.1. The Morgan fingerprint density at radius 1 is 0.926 bits per heavy atom. The molecule has 0 spiro atoms. The van der Waals surface area contributed by atoms with E-state index in [0.29, 0.717) is 5.76 Å². The average molecular weight is 419 g/mol. The minimum absolute atomic E-state index is 0.143. The number of carbonyl (C=O) groups is 1. The smallest absolute Gasteiger partial charge is 0.239 e. The van der Waals surface area contributed by atoms with Crippen molar-refractivity contribution in [3.63, 3.8) is 0 Å². The van der Waals surface area contributed by atoms with Crippen LogP contribution in [0.25, 0.3) is 10.8 Å². The monoisotopic (exact) mass is 418 g/mol. The van der Waals surface area contributed by atoms with Crippen LogP contribution in [0.4, 0.5) is 0 Å². The molecular weight excluding hydrogens is 404 g/mol. The van der Waals surface area contributed by atoms with Gasteiger partial charge in [-0.25, -0.2) is 0 Å². The summed E-state index contributed by atoms with van der Waals surface area (Å²) >= 11 is 3.54. The van der Waals surface area contributed by atoms with Gasteiger partial charge < -0.3 is 9.15 Å². The lowest BCUT2D eigenvalue weighted by atomic mass is 9.84. The second-order valence-corrected chi connectivity index (χ2v) is 7.53. The number of hydrogen-bond acceptors (Lipinski definition) is 3. The van der Waals surface area contributed by atoms with Crippen LogP contribution >= 0.6 is 15.9 Å². The molecule has 132 valence electrons. The maximum atomic E-state index is 13.1. The van der Waals surface area contributed by atoms with Gasteiger partial charge in [0.25, 0.3) is 0 Å². The zero-order valence-corrected chi connectivity index (χ0v) is 15.8. The molecule has 0 radical (unpaired) electrons. The molecule has 0 saturated heterocycles. The van der Waals surface area contributed by atoms with Crippen LogP contribution in [0.5, 0.6) is 5.75 Å². The summed E-state index contributed by atoms with van der Waals surface area (Å²) < 4.78 is 12.6. The van der Waals surface area contributed by atoms with Crippen LogP contribution in [0.3, 0.4) is 0 Å². The van der Waals surface area contributed by atoms with Gasteiger partial charge in [-0.15, -0.1) is 0 Å². The van der Waals surface area contributed by atoms with E-state index >= 15 is 0 Å². The topological polar surface area (TPSA) is 39.4 Å². The standard InChI is InChI=1S/C23H15BrO3/c24-16-9-10-17-15(13-16)8-11-18-21(17)20(14-5-2-1-3-6-14)23(27-18)22(25)19-7-4-12-26-19/h1-13,20,23H/t20-,23-/m0/s1. The molecule has 0 amide bonds. The first-order valence-electron chi connectivity index (χ1n) is 8.74. The fourth-order valence-electron chi connectivity index (χ4n) is 3.85. The number of ether oxygens (including phenoxy) is 1. The van der Waals surface area contributed by atoms with Crippen LogP contribution in [-0.4, -0.2) is 11.9 Å². The fraction of sp³-hybridized carbons (Fsp3) is 0.0870. The number of carbonyl (C=O) groups excluding carboxylic acids is 1. The van der Waals surface area contributed by atoms with Gasteiger partial charge in [0.2, 0.25) is 5.78 Å².